The van der Waals surface area contributed by atoms with Crippen molar-refractivity contribution in [3.05, 3.63) is 70.9 Å². The Hall–Kier alpha value is -4.14. The summed E-state index contributed by atoms with van der Waals surface area (Å²) in [5, 5.41) is 16.0. The van der Waals surface area contributed by atoms with E-state index in [-0.39, 0.29) is 17.7 Å². The van der Waals surface area contributed by atoms with Crippen LogP contribution in [0.25, 0.3) is 10.9 Å². The summed E-state index contributed by atoms with van der Waals surface area (Å²) in [5.74, 6) is -2.61. The lowest BCUT2D eigenvalue weighted by atomic mass is 9.89. The van der Waals surface area contributed by atoms with E-state index in [1.54, 1.807) is 24.8 Å². The monoisotopic (exact) mass is 530 g/mol. The molecule has 3 aromatic rings. The number of carbonyl (C=O) groups excluding carboxylic acids is 3. The summed E-state index contributed by atoms with van der Waals surface area (Å²) in [7, 11) is 0. The fourth-order valence-electron chi connectivity index (χ4n) is 5.88. The molecule has 0 spiro atoms. The summed E-state index contributed by atoms with van der Waals surface area (Å²) in [6.07, 6.45) is 0.617. The van der Waals surface area contributed by atoms with Gasteiger partial charge in [0.1, 0.15) is 18.1 Å². The second kappa shape index (κ2) is 10.2. The first-order chi connectivity index (χ1) is 18.6. The number of H-pyrrole nitrogens is 1. The lowest BCUT2D eigenvalue weighted by molar-refractivity contribution is -0.143. The molecule has 9 heteroatoms. The maximum absolute atomic E-state index is 13.9. The van der Waals surface area contributed by atoms with Gasteiger partial charge in [-0.05, 0) is 41.5 Å². The highest BCUT2D eigenvalue weighted by atomic mass is 16.4. The molecule has 0 aliphatic carbocycles. The number of para-hydroxylation sites is 1. The second-order valence-electron chi connectivity index (χ2n) is 11.2. The Bertz CT molecular complexity index is 1460. The van der Waals surface area contributed by atoms with Crippen LogP contribution in [0.1, 0.15) is 67.3 Å². The first-order valence-corrected chi connectivity index (χ1v) is 13.4. The fraction of sp³-hybridized carbons (Fsp3) is 0.400. The van der Waals surface area contributed by atoms with Crippen LogP contribution in [0.5, 0.6) is 0 Å². The molecular weight excluding hydrogens is 496 g/mol. The van der Waals surface area contributed by atoms with Crippen LogP contribution in [0.15, 0.2) is 48.5 Å². The molecule has 0 radical (unpaired) electrons. The second-order valence-corrected chi connectivity index (χ2v) is 11.2. The minimum atomic E-state index is -1.13. The fourth-order valence-corrected chi connectivity index (χ4v) is 5.88. The maximum atomic E-state index is 13.9. The summed E-state index contributed by atoms with van der Waals surface area (Å²) in [6, 6.07) is 12.0. The minimum absolute atomic E-state index is 0.0559. The number of aromatic nitrogens is 1. The highest BCUT2D eigenvalue weighted by Crippen LogP contribution is 2.46. The van der Waals surface area contributed by atoms with Gasteiger partial charge in [-0.3, -0.25) is 14.4 Å². The van der Waals surface area contributed by atoms with E-state index >= 15 is 0 Å². The zero-order chi connectivity index (χ0) is 28.0. The summed E-state index contributed by atoms with van der Waals surface area (Å²) >= 11 is 0. The quantitative estimate of drug-likeness (QED) is 0.355. The SMILES string of the molecule is CC(C)C[C@H](NC(=O)[C@@H]1Cc2c([nH]c3ccccc23)[C@H]2c3ccccc3C(=O)N21)C(=O)N[C@H](C(=O)O)C(C)C. The van der Waals surface area contributed by atoms with Gasteiger partial charge in [-0.15, -0.1) is 0 Å². The number of hydrogen-bond donors (Lipinski definition) is 4. The molecule has 39 heavy (non-hydrogen) atoms. The lowest BCUT2D eigenvalue weighted by Crippen LogP contribution is -2.58. The van der Waals surface area contributed by atoms with Gasteiger partial charge in [0.2, 0.25) is 11.8 Å². The molecule has 3 amide bonds. The number of carbonyl (C=O) groups is 4. The van der Waals surface area contributed by atoms with Crippen LogP contribution in [-0.2, 0) is 20.8 Å². The molecule has 4 N–H and O–H groups in total. The third-order valence-electron chi connectivity index (χ3n) is 7.73. The van der Waals surface area contributed by atoms with Gasteiger partial charge >= 0.3 is 5.97 Å². The molecule has 4 atom stereocenters. The van der Waals surface area contributed by atoms with Gasteiger partial charge in [0.15, 0.2) is 0 Å². The van der Waals surface area contributed by atoms with Crippen molar-refractivity contribution >= 4 is 34.6 Å². The topological polar surface area (TPSA) is 132 Å². The van der Waals surface area contributed by atoms with E-state index < -0.39 is 42.0 Å². The molecular formula is C30H34N4O5. The van der Waals surface area contributed by atoms with Gasteiger partial charge in [0.25, 0.3) is 5.91 Å². The Morgan fingerprint density at radius 2 is 1.72 bits per heavy atom. The van der Waals surface area contributed by atoms with Gasteiger partial charge in [-0.25, -0.2) is 4.79 Å². The average Bonchev–Trinajstić information content (AvgIpc) is 3.41. The number of fused-ring (bicyclic) bond motifs is 7. The lowest BCUT2D eigenvalue weighted by Gasteiger charge is -2.38. The number of aromatic amines is 1. The van der Waals surface area contributed by atoms with Gasteiger partial charge in [-0.2, -0.15) is 0 Å². The van der Waals surface area contributed by atoms with Crippen LogP contribution < -0.4 is 10.6 Å². The van der Waals surface area contributed by atoms with Crippen LogP contribution in [0.4, 0.5) is 0 Å². The van der Waals surface area contributed by atoms with Gasteiger partial charge in [0, 0.05) is 28.6 Å². The third-order valence-corrected chi connectivity index (χ3v) is 7.73. The van der Waals surface area contributed by atoms with E-state index in [1.165, 1.54) is 0 Å². The first-order valence-electron chi connectivity index (χ1n) is 13.4. The summed E-state index contributed by atoms with van der Waals surface area (Å²) in [5.41, 5.74) is 4.21. The molecule has 0 saturated heterocycles. The number of carboxylic acids is 1. The summed E-state index contributed by atoms with van der Waals surface area (Å²) in [6.45, 7) is 7.29. The van der Waals surface area contributed by atoms with Crippen molar-refractivity contribution in [2.24, 2.45) is 11.8 Å². The number of carboxylic acid groups (broad SMARTS) is 1. The van der Waals surface area contributed by atoms with Crippen molar-refractivity contribution in [2.45, 2.75) is 64.7 Å². The molecule has 1 aromatic heterocycles. The normalized spacial score (nSPS) is 19.4. The predicted molar refractivity (Wildman–Crippen MR) is 146 cm³/mol. The standard InChI is InChI=1S/C30H34N4O5/c1-15(2)13-22(27(35)33-24(16(3)4)30(38)39)32-28(36)23-14-20-17-9-7-8-12-21(17)31-25(20)26-18-10-5-6-11-19(18)29(37)34(23)26/h5-12,15-16,22-24,26,31H,13-14H2,1-4H3,(H,32,36)(H,33,35)(H,38,39)/t22-,23-,24-,26+/m0/s1. The molecule has 2 aliphatic rings. The van der Waals surface area contributed by atoms with Crippen molar-refractivity contribution in [1.82, 2.24) is 20.5 Å². The Morgan fingerprint density at radius 1 is 1.03 bits per heavy atom. The van der Waals surface area contributed by atoms with Crippen molar-refractivity contribution in [3.8, 4) is 0 Å². The molecule has 3 heterocycles. The van der Waals surface area contributed by atoms with E-state index in [1.807, 2.05) is 56.3 Å². The first kappa shape index (κ1) is 26.5. The third kappa shape index (κ3) is 4.66. The van der Waals surface area contributed by atoms with Crippen LogP contribution in [0, 0.1) is 11.8 Å². The van der Waals surface area contributed by atoms with E-state index in [2.05, 4.69) is 15.6 Å². The minimum Gasteiger partial charge on any atom is -0.480 e. The summed E-state index contributed by atoms with van der Waals surface area (Å²) in [4.78, 5) is 57.7. The highest BCUT2D eigenvalue weighted by molar-refractivity contribution is 6.04. The number of nitrogens with zero attached hydrogens (tertiary/aromatic N) is 1. The zero-order valence-corrected chi connectivity index (χ0v) is 22.5. The van der Waals surface area contributed by atoms with E-state index in [4.69, 9.17) is 0 Å². The largest absolute Gasteiger partial charge is 0.480 e. The van der Waals surface area contributed by atoms with E-state index in [9.17, 15) is 24.3 Å². The molecule has 5 rings (SSSR count). The molecule has 0 saturated carbocycles. The van der Waals surface area contributed by atoms with Gasteiger partial charge in [0.05, 0.1) is 6.04 Å². The number of amides is 3. The van der Waals surface area contributed by atoms with Crippen LogP contribution >= 0.6 is 0 Å². The zero-order valence-electron chi connectivity index (χ0n) is 22.5. The Labute approximate surface area is 227 Å². The maximum Gasteiger partial charge on any atom is 0.326 e. The Kier molecular flexibility index (Phi) is 6.92. The molecule has 2 aromatic carbocycles. The van der Waals surface area contributed by atoms with Crippen molar-refractivity contribution in [2.75, 3.05) is 0 Å². The van der Waals surface area contributed by atoms with Crippen LogP contribution in [-0.4, -0.2) is 56.8 Å². The van der Waals surface area contributed by atoms with Crippen molar-refractivity contribution in [3.63, 3.8) is 0 Å². The van der Waals surface area contributed by atoms with Crippen LogP contribution in [0.3, 0.4) is 0 Å². The summed E-state index contributed by atoms with van der Waals surface area (Å²) < 4.78 is 0. The predicted octanol–water partition coefficient (Wildman–Crippen LogP) is 3.39. The van der Waals surface area contributed by atoms with Crippen molar-refractivity contribution in [1.29, 1.82) is 0 Å². The molecule has 9 nitrogen and oxygen atoms in total. The van der Waals surface area contributed by atoms with Crippen molar-refractivity contribution < 1.29 is 24.3 Å². The van der Waals surface area contributed by atoms with E-state index in [0.29, 0.717) is 18.4 Å². The number of hydrogen-bond acceptors (Lipinski definition) is 4. The molecule has 204 valence electrons. The van der Waals surface area contributed by atoms with Gasteiger partial charge < -0.3 is 25.6 Å². The molecule has 0 fully saturated rings. The Balaban J connectivity index is 1.50. The average molecular weight is 531 g/mol. The molecule has 0 bridgehead atoms. The van der Waals surface area contributed by atoms with E-state index in [0.717, 1.165) is 27.7 Å². The number of benzene rings is 2. The highest BCUT2D eigenvalue weighted by Gasteiger charge is 2.49. The molecule has 0 unspecified atom stereocenters. The smallest absolute Gasteiger partial charge is 0.326 e. The Morgan fingerprint density at radius 3 is 2.41 bits per heavy atom. The number of aliphatic carboxylic acids is 1. The number of nitrogens with one attached hydrogen (secondary N) is 3. The van der Waals surface area contributed by atoms with Gasteiger partial charge in [-0.1, -0.05) is 64.1 Å². The number of rotatable bonds is 8. The molecule has 2 aliphatic heterocycles. The van der Waals surface area contributed by atoms with Crippen LogP contribution in [0.2, 0.25) is 0 Å².